The SMILES string of the molecule is CCN(CC)CC(C)NC(=O)c1cccc(Br)c1. The highest BCUT2D eigenvalue weighted by molar-refractivity contribution is 9.10. The molecule has 1 amide bonds. The van der Waals surface area contributed by atoms with Crippen LogP contribution in [0.1, 0.15) is 31.1 Å². The second kappa shape index (κ2) is 7.54. The first-order chi connectivity index (χ1) is 8.56. The number of carbonyl (C=O) groups excluding carboxylic acids is 1. The zero-order chi connectivity index (χ0) is 13.5. The number of hydrogen-bond donors (Lipinski definition) is 1. The number of amides is 1. The van der Waals surface area contributed by atoms with Crippen LogP contribution in [0.15, 0.2) is 28.7 Å². The molecule has 100 valence electrons. The van der Waals surface area contributed by atoms with Crippen molar-refractivity contribution in [3.05, 3.63) is 34.3 Å². The van der Waals surface area contributed by atoms with Gasteiger partial charge in [-0.25, -0.2) is 0 Å². The zero-order valence-electron chi connectivity index (χ0n) is 11.2. The van der Waals surface area contributed by atoms with Gasteiger partial charge in [0.2, 0.25) is 0 Å². The standard InChI is InChI=1S/C14H21BrN2O/c1-4-17(5-2)10-11(3)16-14(18)12-7-6-8-13(15)9-12/h6-9,11H,4-5,10H2,1-3H3,(H,16,18). The Hall–Kier alpha value is -0.870. The smallest absolute Gasteiger partial charge is 0.251 e. The maximum absolute atomic E-state index is 12.0. The third-order valence-corrected chi connectivity index (χ3v) is 3.38. The van der Waals surface area contributed by atoms with Crippen molar-refractivity contribution in [3.8, 4) is 0 Å². The summed E-state index contributed by atoms with van der Waals surface area (Å²) in [5, 5.41) is 3.02. The quantitative estimate of drug-likeness (QED) is 0.876. The summed E-state index contributed by atoms with van der Waals surface area (Å²) >= 11 is 3.37. The topological polar surface area (TPSA) is 32.3 Å². The van der Waals surface area contributed by atoms with E-state index in [1.165, 1.54) is 0 Å². The minimum Gasteiger partial charge on any atom is -0.348 e. The van der Waals surface area contributed by atoms with E-state index < -0.39 is 0 Å². The molecule has 0 saturated carbocycles. The van der Waals surface area contributed by atoms with E-state index in [1.54, 1.807) is 0 Å². The molecule has 0 radical (unpaired) electrons. The van der Waals surface area contributed by atoms with E-state index in [-0.39, 0.29) is 11.9 Å². The molecule has 0 aliphatic rings. The van der Waals surface area contributed by atoms with Gasteiger partial charge < -0.3 is 10.2 Å². The van der Waals surface area contributed by atoms with Crippen molar-refractivity contribution in [2.45, 2.75) is 26.8 Å². The molecule has 1 unspecified atom stereocenters. The van der Waals surface area contributed by atoms with Gasteiger partial charge >= 0.3 is 0 Å². The van der Waals surface area contributed by atoms with E-state index in [1.807, 2.05) is 31.2 Å². The first-order valence-electron chi connectivity index (χ1n) is 6.35. The van der Waals surface area contributed by atoms with Crippen molar-refractivity contribution in [1.82, 2.24) is 10.2 Å². The number of rotatable bonds is 6. The molecule has 0 bridgehead atoms. The minimum absolute atomic E-state index is 0.0176. The fraction of sp³-hybridized carbons (Fsp3) is 0.500. The monoisotopic (exact) mass is 312 g/mol. The Bertz CT molecular complexity index is 391. The Morgan fingerprint density at radius 3 is 2.61 bits per heavy atom. The van der Waals surface area contributed by atoms with E-state index >= 15 is 0 Å². The molecular formula is C14H21BrN2O. The lowest BCUT2D eigenvalue weighted by molar-refractivity contribution is 0.0930. The number of halogens is 1. The predicted octanol–water partition coefficient (Wildman–Crippen LogP) is 2.91. The van der Waals surface area contributed by atoms with Gasteiger partial charge in [-0.2, -0.15) is 0 Å². The van der Waals surface area contributed by atoms with Crippen molar-refractivity contribution >= 4 is 21.8 Å². The molecule has 0 aliphatic carbocycles. The van der Waals surface area contributed by atoms with Crippen LogP contribution in [0, 0.1) is 0 Å². The molecule has 4 heteroatoms. The molecular weight excluding hydrogens is 292 g/mol. The van der Waals surface area contributed by atoms with Gasteiger partial charge in [-0.3, -0.25) is 4.79 Å². The highest BCUT2D eigenvalue weighted by Crippen LogP contribution is 2.11. The van der Waals surface area contributed by atoms with Crippen LogP contribution in [-0.2, 0) is 0 Å². The zero-order valence-corrected chi connectivity index (χ0v) is 12.8. The van der Waals surface area contributed by atoms with Gasteiger partial charge in [0, 0.05) is 22.6 Å². The summed E-state index contributed by atoms with van der Waals surface area (Å²) in [6, 6.07) is 7.59. The van der Waals surface area contributed by atoms with Crippen LogP contribution < -0.4 is 5.32 Å². The van der Waals surface area contributed by atoms with E-state index in [4.69, 9.17) is 0 Å². The number of hydrogen-bond acceptors (Lipinski definition) is 2. The third kappa shape index (κ3) is 4.78. The van der Waals surface area contributed by atoms with Crippen molar-refractivity contribution in [3.63, 3.8) is 0 Å². The van der Waals surface area contributed by atoms with E-state index in [2.05, 4.69) is 40.0 Å². The Morgan fingerprint density at radius 1 is 1.39 bits per heavy atom. The van der Waals surface area contributed by atoms with Gasteiger partial charge in [0.15, 0.2) is 0 Å². The van der Waals surface area contributed by atoms with Crippen LogP contribution in [0.3, 0.4) is 0 Å². The van der Waals surface area contributed by atoms with Gasteiger partial charge in [-0.05, 0) is 38.2 Å². The summed E-state index contributed by atoms with van der Waals surface area (Å²) in [5.41, 5.74) is 0.691. The highest BCUT2D eigenvalue weighted by Gasteiger charge is 2.12. The molecule has 3 nitrogen and oxygen atoms in total. The van der Waals surface area contributed by atoms with Crippen LogP contribution in [0.4, 0.5) is 0 Å². The molecule has 0 fully saturated rings. The van der Waals surface area contributed by atoms with Gasteiger partial charge in [0.1, 0.15) is 0 Å². The number of nitrogens with one attached hydrogen (secondary N) is 1. The molecule has 0 aliphatic heterocycles. The second-order valence-electron chi connectivity index (χ2n) is 4.37. The maximum atomic E-state index is 12.0. The first-order valence-corrected chi connectivity index (χ1v) is 7.14. The second-order valence-corrected chi connectivity index (χ2v) is 5.29. The minimum atomic E-state index is -0.0176. The summed E-state index contributed by atoms with van der Waals surface area (Å²) in [6.45, 7) is 9.20. The fourth-order valence-corrected chi connectivity index (χ4v) is 2.25. The van der Waals surface area contributed by atoms with Gasteiger partial charge in [0.25, 0.3) is 5.91 Å². The average Bonchev–Trinajstić information content (AvgIpc) is 2.35. The van der Waals surface area contributed by atoms with Crippen molar-refractivity contribution in [1.29, 1.82) is 0 Å². The molecule has 0 heterocycles. The van der Waals surface area contributed by atoms with E-state index in [0.717, 1.165) is 24.1 Å². The summed E-state index contributed by atoms with van der Waals surface area (Å²) in [7, 11) is 0. The molecule has 0 saturated heterocycles. The largest absolute Gasteiger partial charge is 0.348 e. The molecule has 1 atom stereocenters. The van der Waals surface area contributed by atoms with E-state index in [0.29, 0.717) is 5.56 Å². The molecule has 0 aromatic heterocycles. The van der Waals surface area contributed by atoms with Crippen LogP contribution in [0.5, 0.6) is 0 Å². The molecule has 0 spiro atoms. The van der Waals surface area contributed by atoms with Gasteiger partial charge in [-0.1, -0.05) is 35.8 Å². The number of likely N-dealkylation sites (N-methyl/N-ethyl adjacent to an activating group) is 1. The molecule has 1 rings (SSSR count). The van der Waals surface area contributed by atoms with Crippen LogP contribution >= 0.6 is 15.9 Å². The van der Waals surface area contributed by atoms with Crippen molar-refractivity contribution < 1.29 is 4.79 Å². The van der Waals surface area contributed by atoms with Crippen molar-refractivity contribution in [2.24, 2.45) is 0 Å². The Labute approximate surface area is 118 Å². The fourth-order valence-electron chi connectivity index (χ4n) is 1.85. The van der Waals surface area contributed by atoms with Crippen LogP contribution in [-0.4, -0.2) is 36.5 Å². The van der Waals surface area contributed by atoms with Gasteiger partial charge in [0.05, 0.1) is 0 Å². The average molecular weight is 313 g/mol. The summed E-state index contributed by atoms with van der Waals surface area (Å²) < 4.78 is 0.923. The maximum Gasteiger partial charge on any atom is 0.251 e. The number of nitrogens with zero attached hydrogens (tertiary/aromatic N) is 1. The highest BCUT2D eigenvalue weighted by atomic mass is 79.9. The predicted molar refractivity (Wildman–Crippen MR) is 78.9 cm³/mol. The third-order valence-electron chi connectivity index (χ3n) is 2.89. The summed E-state index contributed by atoms with van der Waals surface area (Å²) in [4.78, 5) is 14.3. The Morgan fingerprint density at radius 2 is 2.06 bits per heavy atom. The number of benzene rings is 1. The van der Waals surface area contributed by atoms with Crippen LogP contribution in [0.2, 0.25) is 0 Å². The molecule has 18 heavy (non-hydrogen) atoms. The summed E-state index contributed by atoms with van der Waals surface area (Å²) in [5.74, 6) is -0.0176. The lowest BCUT2D eigenvalue weighted by Crippen LogP contribution is -2.41. The summed E-state index contributed by atoms with van der Waals surface area (Å²) in [6.07, 6.45) is 0. The lowest BCUT2D eigenvalue weighted by atomic mass is 10.2. The Kier molecular flexibility index (Phi) is 6.36. The Balaban J connectivity index is 2.54. The van der Waals surface area contributed by atoms with Gasteiger partial charge in [-0.15, -0.1) is 0 Å². The van der Waals surface area contributed by atoms with Crippen molar-refractivity contribution in [2.75, 3.05) is 19.6 Å². The molecule has 1 aromatic rings. The molecule has 1 N–H and O–H groups in total. The lowest BCUT2D eigenvalue weighted by Gasteiger charge is -2.23. The molecule has 1 aromatic carbocycles. The first kappa shape index (κ1) is 15.2. The van der Waals surface area contributed by atoms with E-state index in [9.17, 15) is 4.79 Å². The van der Waals surface area contributed by atoms with Crippen LogP contribution in [0.25, 0.3) is 0 Å². The number of carbonyl (C=O) groups is 1. The normalized spacial score (nSPS) is 12.5.